The van der Waals surface area contributed by atoms with Gasteiger partial charge >= 0.3 is 0 Å². The highest BCUT2D eigenvalue weighted by Crippen LogP contribution is 2.06. The first-order valence-corrected chi connectivity index (χ1v) is 4.15. The molecule has 0 saturated heterocycles. The van der Waals surface area contributed by atoms with Crippen LogP contribution >= 0.6 is 11.3 Å². The number of rotatable bonds is 2. The molecule has 0 fully saturated rings. The highest BCUT2D eigenvalue weighted by atomic mass is 32.1. The van der Waals surface area contributed by atoms with Crippen molar-refractivity contribution in [3.05, 3.63) is 17.0 Å². The Hall–Kier alpha value is -0.565. The second-order valence-electron chi connectivity index (χ2n) is 2.18. The minimum absolute atomic E-state index is 0.171. The molecule has 0 spiro atoms. The van der Waals surface area contributed by atoms with Crippen LogP contribution in [0.25, 0.3) is 0 Å². The van der Waals surface area contributed by atoms with E-state index >= 15 is 0 Å². The van der Waals surface area contributed by atoms with E-state index in [2.05, 4.69) is 6.82 Å². The second kappa shape index (κ2) is 3.02. The highest BCUT2D eigenvalue weighted by molar-refractivity contribution is 7.22. The standard InChI is InChI=1S/C7H9BOS/c1-5(9)6-3-4-7(8-2)10-6/h3-4,8H,1-2H3. The maximum absolute atomic E-state index is 10.8. The first-order chi connectivity index (χ1) is 4.74. The summed E-state index contributed by atoms with van der Waals surface area (Å²) in [5, 5.41) is 0. The Morgan fingerprint density at radius 1 is 1.60 bits per heavy atom. The number of hydrogen-bond donors (Lipinski definition) is 0. The normalized spacial score (nSPS) is 9.40. The van der Waals surface area contributed by atoms with Crippen molar-refractivity contribution in [3.8, 4) is 0 Å². The number of thiophene rings is 1. The molecule has 1 rings (SSSR count). The summed E-state index contributed by atoms with van der Waals surface area (Å²) in [7, 11) is 1.03. The van der Waals surface area contributed by atoms with Crippen LogP contribution in [0.1, 0.15) is 16.6 Å². The first kappa shape index (κ1) is 7.54. The van der Waals surface area contributed by atoms with E-state index in [-0.39, 0.29) is 5.78 Å². The van der Waals surface area contributed by atoms with E-state index in [1.807, 2.05) is 12.1 Å². The van der Waals surface area contributed by atoms with Crippen LogP contribution in [0.15, 0.2) is 12.1 Å². The molecule has 0 aliphatic heterocycles. The fourth-order valence-electron chi connectivity index (χ4n) is 0.757. The Balaban J connectivity index is 2.88. The van der Waals surface area contributed by atoms with Gasteiger partial charge in [-0.3, -0.25) is 4.79 Å². The van der Waals surface area contributed by atoms with E-state index in [0.29, 0.717) is 0 Å². The predicted molar refractivity (Wildman–Crippen MR) is 47.0 cm³/mol. The topological polar surface area (TPSA) is 17.1 Å². The molecule has 0 radical (unpaired) electrons. The molecule has 1 aromatic rings. The molecular formula is C7H9BOS. The average Bonchev–Trinajstić information content (AvgIpc) is 2.34. The Kier molecular flexibility index (Phi) is 2.27. The van der Waals surface area contributed by atoms with Crippen LogP contribution in [0.2, 0.25) is 6.82 Å². The minimum Gasteiger partial charge on any atom is -0.294 e. The minimum atomic E-state index is 0.171. The lowest BCUT2D eigenvalue weighted by Gasteiger charge is -1.83. The van der Waals surface area contributed by atoms with Gasteiger partial charge in [-0.25, -0.2) is 0 Å². The molecule has 1 nitrogen and oxygen atoms in total. The van der Waals surface area contributed by atoms with Crippen molar-refractivity contribution in [3.63, 3.8) is 0 Å². The summed E-state index contributed by atoms with van der Waals surface area (Å²) in [6.45, 7) is 3.70. The first-order valence-electron chi connectivity index (χ1n) is 3.33. The molecular weight excluding hydrogens is 143 g/mol. The largest absolute Gasteiger partial charge is 0.294 e. The number of hydrogen-bond acceptors (Lipinski definition) is 2. The molecule has 1 heterocycles. The van der Waals surface area contributed by atoms with Crippen LogP contribution in [0, 0.1) is 0 Å². The molecule has 1 aromatic heterocycles. The van der Waals surface area contributed by atoms with Gasteiger partial charge in [0.25, 0.3) is 0 Å². The average molecular weight is 152 g/mol. The van der Waals surface area contributed by atoms with Gasteiger partial charge in [-0.2, -0.15) is 0 Å². The van der Waals surface area contributed by atoms with Crippen LogP contribution in [0.3, 0.4) is 0 Å². The van der Waals surface area contributed by atoms with Gasteiger partial charge in [0.15, 0.2) is 13.1 Å². The van der Waals surface area contributed by atoms with Gasteiger partial charge in [-0.1, -0.05) is 12.9 Å². The van der Waals surface area contributed by atoms with Crippen molar-refractivity contribution in [2.75, 3.05) is 0 Å². The quantitative estimate of drug-likeness (QED) is 0.457. The summed E-state index contributed by atoms with van der Waals surface area (Å²) in [5.74, 6) is 0.171. The predicted octanol–water partition coefficient (Wildman–Crippen LogP) is 1.06. The number of Topliss-reactive ketones (excluding diaryl/α,β-unsaturated/α-hetero) is 1. The van der Waals surface area contributed by atoms with E-state index in [1.54, 1.807) is 18.3 Å². The van der Waals surface area contributed by atoms with Gasteiger partial charge in [0.1, 0.15) is 0 Å². The summed E-state index contributed by atoms with van der Waals surface area (Å²) < 4.78 is 1.28. The van der Waals surface area contributed by atoms with Gasteiger partial charge < -0.3 is 0 Å². The van der Waals surface area contributed by atoms with Crippen LogP contribution in [0.5, 0.6) is 0 Å². The monoisotopic (exact) mass is 152 g/mol. The van der Waals surface area contributed by atoms with Crippen LogP contribution < -0.4 is 4.78 Å². The zero-order valence-electron chi connectivity index (χ0n) is 6.18. The number of carbonyl (C=O) groups is 1. The fourth-order valence-corrected chi connectivity index (χ4v) is 1.60. The summed E-state index contributed by atoms with van der Waals surface area (Å²) in [4.78, 5) is 11.7. The molecule has 0 unspecified atom stereocenters. The van der Waals surface area contributed by atoms with Gasteiger partial charge in [0, 0.05) is 0 Å². The Morgan fingerprint density at radius 2 is 2.30 bits per heavy atom. The van der Waals surface area contributed by atoms with E-state index < -0.39 is 0 Å². The van der Waals surface area contributed by atoms with Crippen molar-refractivity contribution < 1.29 is 4.79 Å². The summed E-state index contributed by atoms with van der Waals surface area (Å²) >= 11 is 1.59. The second-order valence-corrected chi connectivity index (χ2v) is 3.34. The third-order valence-electron chi connectivity index (χ3n) is 1.36. The molecule has 10 heavy (non-hydrogen) atoms. The molecule has 52 valence electrons. The van der Waals surface area contributed by atoms with E-state index in [1.165, 1.54) is 4.78 Å². The lowest BCUT2D eigenvalue weighted by Crippen LogP contribution is -2.02. The third-order valence-corrected chi connectivity index (χ3v) is 2.69. The van der Waals surface area contributed by atoms with E-state index in [9.17, 15) is 4.79 Å². The number of carbonyl (C=O) groups excluding carboxylic acids is 1. The molecule has 0 bridgehead atoms. The maximum atomic E-state index is 10.8. The molecule has 0 atom stereocenters. The van der Waals surface area contributed by atoms with Crippen molar-refractivity contribution >= 4 is 29.2 Å². The Bertz CT molecular complexity index is 242. The molecule has 0 aromatic carbocycles. The summed E-state index contributed by atoms with van der Waals surface area (Å²) in [5.41, 5.74) is 0. The maximum Gasteiger partial charge on any atom is 0.169 e. The van der Waals surface area contributed by atoms with Crippen molar-refractivity contribution in [1.29, 1.82) is 0 Å². The molecule has 3 heteroatoms. The Morgan fingerprint density at radius 3 is 2.60 bits per heavy atom. The lowest BCUT2D eigenvalue weighted by molar-refractivity contribution is 0.102. The zero-order valence-corrected chi connectivity index (χ0v) is 6.99. The fraction of sp³-hybridized carbons (Fsp3) is 0.286. The highest BCUT2D eigenvalue weighted by Gasteiger charge is 2.01. The summed E-state index contributed by atoms with van der Waals surface area (Å²) in [6.07, 6.45) is 0. The third kappa shape index (κ3) is 1.48. The smallest absolute Gasteiger partial charge is 0.169 e. The summed E-state index contributed by atoms with van der Waals surface area (Å²) in [6, 6.07) is 3.91. The van der Waals surface area contributed by atoms with Crippen LogP contribution in [0.4, 0.5) is 0 Å². The number of ketones is 1. The van der Waals surface area contributed by atoms with Crippen LogP contribution in [-0.2, 0) is 0 Å². The molecule has 0 aliphatic carbocycles. The van der Waals surface area contributed by atoms with Gasteiger partial charge in [-0.05, 0) is 17.8 Å². The van der Waals surface area contributed by atoms with E-state index in [4.69, 9.17) is 0 Å². The van der Waals surface area contributed by atoms with E-state index in [0.717, 1.165) is 12.2 Å². The zero-order chi connectivity index (χ0) is 7.56. The van der Waals surface area contributed by atoms with Crippen LogP contribution in [-0.4, -0.2) is 13.1 Å². The van der Waals surface area contributed by atoms with Gasteiger partial charge in [-0.15, -0.1) is 11.3 Å². The van der Waals surface area contributed by atoms with Crippen molar-refractivity contribution in [2.45, 2.75) is 13.7 Å². The molecule has 0 saturated carbocycles. The molecule has 0 aliphatic rings. The Labute approximate surface area is 65.3 Å². The molecule has 0 amide bonds. The van der Waals surface area contributed by atoms with Gasteiger partial charge in [0.05, 0.1) is 4.88 Å². The molecule has 0 N–H and O–H groups in total. The van der Waals surface area contributed by atoms with Crippen molar-refractivity contribution in [1.82, 2.24) is 0 Å². The van der Waals surface area contributed by atoms with Gasteiger partial charge in [0.2, 0.25) is 0 Å². The van der Waals surface area contributed by atoms with Crippen molar-refractivity contribution in [2.24, 2.45) is 0 Å². The lowest BCUT2D eigenvalue weighted by atomic mass is 9.81. The SMILES string of the molecule is CBc1ccc(C(C)=O)s1.